The number of benzene rings is 2. The van der Waals surface area contributed by atoms with Gasteiger partial charge in [0.05, 0.1) is 34.0 Å². The van der Waals surface area contributed by atoms with Crippen LogP contribution < -0.4 is 14.8 Å². The summed E-state index contributed by atoms with van der Waals surface area (Å²) in [5.74, 6) is 1.42. The van der Waals surface area contributed by atoms with Crippen LogP contribution in [0.25, 0.3) is 0 Å². The summed E-state index contributed by atoms with van der Waals surface area (Å²) in [4.78, 5) is 16.8. The van der Waals surface area contributed by atoms with Crippen LogP contribution in [-0.4, -0.2) is 76.4 Å². The van der Waals surface area contributed by atoms with Crippen LogP contribution in [-0.2, 0) is 22.5 Å². The van der Waals surface area contributed by atoms with Crippen LogP contribution in [0.3, 0.4) is 0 Å². The first-order valence-corrected chi connectivity index (χ1v) is 10.7. The molecule has 0 bridgehead atoms. The predicted molar refractivity (Wildman–Crippen MR) is 122 cm³/mol. The molecule has 3 rings (SSSR count). The van der Waals surface area contributed by atoms with E-state index in [1.807, 2.05) is 42.3 Å². The highest BCUT2D eigenvalue weighted by Gasteiger charge is 2.12. The van der Waals surface area contributed by atoms with Crippen molar-refractivity contribution in [2.75, 3.05) is 66.0 Å². The minimum atomic E-state index is -0.0178. The van der Waals surface area contributed by atoms with Crippen molar-refractivity contribution in [1.82, 2.24) is 9.80 Å². The minimum Gasteiger partial charge on any atom is -0.493 e. The van der Waals surface area contributed by atoms with Gasteiger partial charge >= 0.3 is 0 Å². The van der Waals surface area contributed by atoms with E-state index in [4.69, 9.17) is 14.2 Å². The van der Waals surface area contributed by atoms with Gasteiger partial charge in [-0.2, -0.15) is 0 Å². The summed E-state index contributed by atoms with van der Waals surface area (Å²) in [5.41, 5.74) is 3.21. The SMILES string of the molecule is COc1ccc(CCN(C)CC(=O)Nc2ccc(CN3CCOCC3)cc2)cc1OC. The molecule has 1 N–H and O–H groups in total. The summed E-state index contributed by atoms with van der Waals surface area (Å²) in [5, 5.41) is 2.98. The largest absolute Gasteiger partial charge is 0.493 e. The van der Waals surface area contributed by atoms with Crippen molar-refractivity contribution in [3.05, 3.63) is 53.6 Å². The third-order valence-corrected chi connectivity index (χ3v) is 5.39. The monoisotopic (exact) mass is 427 g/mol. The summed E-state index contributed by atoms with van der Waals surface area (Å²) in [6, 6.07) is 14.0. The Labute approximate surface area is 184 Å². The summed E-state index contributed by atoms with van der Waals surface area (Å²) in [6.45, 7) is 5.55. The standard InChI is InChI=1S/C24H33N3O4/c1-26(11-10-19-6-9-22(29-2)23(16-19)30-3)18-24(28)25-21-7-4-20(5-8-21)17-27-12-14-31-15-13-27/h4-9,16H,10-15,17-18H2,1-3H3,(H,25,28). The second-order valence-corrected chi connectivity index (χ2v) is 7.81. The van der Waals surface area contributed by atoms with Gasteiger partial charge < -0.3 is 19.5 Å². The Hall–Kier alpha value is -2.61. The molecule has 1 aliphatic rings. The van der Waals surface area contributed by atoms with E-state index in [2.05, 4.69) is 22.3 Å². The van der Waals surface area contributed by atoms with Crippen LogP contribution in [0.1, 0.15) is 11.1 Å². The van der Waals surface area contributed by atoms with Crippen LogP contribution >= 0.6 is 0 Å². The highest BCUT2D eigenvalue weighted by Crippen LogP contribution is 2.27. The van der Waals surface area contributed by atoms with Crippen molar-refractivity contribution in [2.24, 2.45) is 0 Å². The van der Waals surface area contributed by atoms with Crippen LogP contribution in [0.2, 0.25) is 0 Å². The number of likely N-dealkylation sites (N-methyl/N-ethyl adjacent to an activating group) is 1. The van der Waals surface area contributed by atoms with Gasteiger partial charge in [-0.3, -0.25) is 14.6 Å². The number of hydrogen-bond acceptors (Lipinski definition) is 6. The highest BCUT2D eigenvalue weighted by molar-refractivity contribution is 5.92. The molecule has 0 saturated carbocycles. The summed E-state index contributed by atoms with van der Waals surface area (Å²) in [7, 11) is 5.21. The fraction of sp³-hybridized carbons (Fsp3) is 0.458. The van der Waals surface area contributed by atoms with E-state index < -0.39 is 0 Å². The normalized spacial score (nSPS) is 14.5. The second kappa shape index (κ2) is 11.7. The second-order valence-electron chi connectivity index (χ2n) is 7.81. The molecule has 1 amide bonds. The Morgan fingerprint density at radius 2 is 1.71 bits per heavy atom. The molecule has 0 aromatic heterocycles. The first-order chi connectivity index (χ1) is 15.1. The maximum Gasteiger partial charge on any atom is 0.238 e. The molecule has 0 aliphatic carbocycles. The van der Waals surface area contributed by atoms with Gasteiger partial charge in [-0.25, -0.2) is 0 Å². The minimum absolute atomic E-state index is 0.0178. The number of nitrogens with zero attached hydrogens (tertiary/aromatic N) is 2. The fourth-order valence-corrected chi connectivity index (χ4v) is 3.59. The number of nitrogens with one attached hydrogen (secondary N) is 1. The zero-order chi connectivity index (χ0) is 22.1. The number of anilines is 1. The number of carbonyl (C=O) groups excluding carboxylic acids is 1. The van der Waals surface area contributed by atoms with Crippen molar-refractivity contribution in [1.29, 1.82) is 0 Å². The van der Waals surface area contributed by atoms with E-state index in [1.54, 1.807) is 14.2 Å². The molecule has 0 unspecified atom stereocenters. The first kappa shape index (κ1) is 23.1. The number of rotatable bonds is 10. The van der Waals surface area contributed by atoms with Gasteiger partial charge in [0.1, 0.15) is 0 Å². The zero-order valence-electron chi connectivity index (χ0n) is 18.7. The number of ether oxygens (including phenoxy) is 3. The van der Waals surface area contributed by atoms with Gasteiger partial charge in [-0.05, 0) is 48.9 Å². The smallest absolute Gasteiger partial charge is 0.238 e. The predicted octanol–water partition coefficient (Wildman–Crippen LogP) is 2.65. The van der Waals surface area contributed by atoms with Gasteiger partial charge in [0, 0.05) is 31.9 Å². The molecule has 1 aliphatic heterocycles. The maximum absolute atomic E-state index is 12.4. The van der Waals surface area contributed by atoms with Gasteiger partial charge in [0.2, 0.25) is 5.91 Å². The lowest BCUT2D eigenvalue weighted by atomic mass is 10.1. The number of methoxy groups -OCH3 is 2. The lowest BCUT2D eigenvalue weighted by Gasteiger charge is -2.26. The molecule has 0 atom stereocenters. The Morgan fingerprint density at radius 1 is 1.03 bits per heavy atom. The van der Waals surface area contributed by atoms with Gasteiger partial charge in [-0.1, -0.05) is 18.2 Å². The van der Waals surface area contributed by atoms with Gasteiger partial charge in [-0.15, -0.1) is 0 Å². The van der Waals surface area contributed by atoms with Crippen molar-refractivity contribution < 1.29 is 19.0 Å². The van der Waals surface area contributed by atoms with Gasteiger partial charge in [0.15, 0.2) is 11.5 Å². The molecular weight excluding hydrogens is 394 g/mol. The quantitative estimate of drug-likeness (QED) is 0.629. The molecule has 2 aromatic rings. The number of carbonyl (C=O) groups is 1. The molecule has 1 heterocycles. The molecule has 168 valence electrons. The van der Waals surface area contributed by atoms with Crippen LogP contribution in [0.15, 0.2) is 42.5 Å². The van der Waals surface area contributed by atoms with Gasteiger partial charge in [0.25, 0.3) is 0 Å². The van der Waals surface area contributed by atoms with E-state index in [0.717, 1.165) is 68.6 Å². The summed E-state index contributed by atoms with van der Waals surface area (Å²) in [6.07, 6.45) is 0.820. The average molecular weight is 428 g/mol. The van der Waals surface area contributed by atoms with E-state index in [1.165, 1.54) is 5.56 Å². The van der Waals surface area contributed by atoms with E-state index in [0.29, 0.717) is 6.54 Å². The Morgan fingerprint density at radius 3 is 2.39 bits per heavy atom. The zero-order valence-corrected chi connectivity index (χ0v) is 18.7. The summed E-state index contributed by atoms with van der Waals surface area (Å²) >= 11 is 0. The third kappa shape index (κ3) is 7.24. The van der Waals surface area contributed by atoms with Crippen molar-refractivity contribution in [3.8, 4) is 11.5 Å². The Balaban J connectivity index is 1.42. The molecule has 7 heteroatoms. The fourth-order valence-electron chi connectivity index (χ4n) is 3.59. The Bertz CT molecular complexity index is 835. The number of morpholine rings is 1. The first-order valence-electron chi connectivity index (χ1n) is 10.7. The molecule has 1 saturated heterocycles. The lowest BCUT2D eigenvalue weighted by Crippen LogP contribution is -2.35. The average Bonchev–Trinajstić information content (AvgIpc) is 2.79. The van der Waals surface area contributed by atoms with Crippen LogP contribution in [0.4, 0.5) is 5.69 Å². The maximum atomic E-state index is 12.4. The van der Waals surface area contributed by atoms with Crippen molar-refractivity contribution in [2.45, 2.75) is 13.0 Å². The summed E-state index contributed by atoms with van der Waals surface area (Å²) < 4.78 is 16.0. The molecule has 0 spiro atoms. The molecule has 7 nitrogen and oxygen atoms in total. The topological polar surface area (TPSA) is 63.3 Å². The lowest BCUT2D eigenvalue weighted by molar-refractivity contribution is -0.117. The number of amides is 1. The van der Waals surface area contributed by atoms with E-state index in [-0.39, 0.29) is 5.91 Å². The molecule has 31 heavy (non-hydrogen) atoms. The van der Waals surface area contributed by atoms with E-state index in [9.17, 15) is 4.79 Å². The molecule has 0 radical (unpaired) electrons. The molecule has 1 fully saturated rings. The van der Waals surface area contributed by atoms with Crippen molar-refractivity contribution >= 4 is 11.6 Å². The molecular formula is C24H33N3O4. The number of hydrogen-bond donors (Lipinski definition) is 1. The van der Waals surface area contributed by atoms with Crippen LogP contribution in [0, 0.1) is 0 Å². The van der Waals surface area contributed by atoms with Crippen LogP contribution in [0.5, 0.6) is 11.5 Å². The third-order valence-electron chi connectivity index (χ3n) is 5.39. The van der Waals surface area contributed by atoms with Crippen molar-refractivity contribution in [3.63, 3.8) is 0 Å². The Kier molecular flexibility index (Phi) is 8.70. The molecule has 2 aromatic carbocycles. The van der Waals surface area contributed by atoms with E-state index >= 15 is 0 Å². The highest BCUT2D eigenvalue weighted by atomic mass is 16.5.